The Bertz CT molecular complexity index is 948. The predicted molar refractivity (Wildman–Crippen MR) is 125 cm³/mol. The molecule has 2 heterocycles. The molecule has 8 heteroatoms. The van der Waals surface area contributed by atoms with Crippen LogP contribution in [0.25, 0.3) is 11.1 Å². The summed E-state index contributed by atoms with van der Waals surface area (Å²) in [6, 6.07) is 12.1. The van der Waals surface area contributed by atoms with Crippen molar-refractivity contribution in [2.75, 3.05) is 67.6 Å². The number of aryl methyl sites for hydroxylation is 2. The van der Waals surface area contributed by atoms with E-state index in [4.69, 9.17) is 9.47 Å². The quantitative estimate of drug-likeness (QED) is 0.358. The van der Waals surface area contributed by atoms with Crippen molar-refractivity contribution in [3.05, 3.63) is 58.7 Å². The highest BCUT2D eigenvalue weighted by atomic mass is 79.9. The molecule has 4 rings (SSSR count). The number of ether oxygens (including phenoxy) is 2. The number of quaternary nitrogens is 2. The number of hydrogen-bond donors (Lipinski definition) is 2. The summed E-state index contributed by atoms with van der Waals surface area (Å²) in [7, 11) is 8.46. The van der Waals surface area contributed by atoms with E-state index in [0.29, 0.717) is 26.3 Å². The lowest BCUT2D eigenvalue weighted by atomic mass is 9.90. The third-order valence-electron chi connectivity index (χ3n) is 7.00. The van der Waals surface area contributed by atoms with Gasteiger partial charge in [-0.25, -0.2) is 0 Å². The zero-order valence-corrected chi connectivity index (χ0v) is 24.2. The van der Waals surface area contributed by atoms with E-state index in [9.17, 15) is 10.2 Å². The van der Waals surface area contributed by atoms with Crippen molar-refractivity contribution in [1.82, 2.24) is 0 Å². The molecule has 2 unspecified atom stereocenters. The predicted octanol–water partition coefficient (Wildman–Crippen LogP) is -3.52. The van der Waals surface area contributed by atoms with Crippen LogP contribution in [0.2, 0.25) is 0 Å². The summed E-state index contributed by atoms with van der Waals surface area (Å²) in [5.74, 6) is -2.53. The van der Waals surface area contributed by atoms with E-state index in [1.165, 1.54) is 0 Å². The van der Waals surface area contributed by atoms with E-state index in [0.717, 1.165) is 55.4 Å². The zero-order chi connectivity index (χ0) is 23.4. The van der Waals surface area contributed by atoms with Crippen LogP contribution in [-0.4, -0.2) is 86.8 Å². The largest absolute Gasteiger partial charge is 1.00 e. The Morgan fingerprint density at radius 2 is 1.03 bits per heavy atom. The van der Waals surface area contributed by atoms with Gasteiger partial charge in [-0.2, -0.15) is 0 Å². The summed E-state index contributed by atoms with van der Waals surface area (Å²) in [6.07, 6.45) is 0. The van der Waals surface area contributed by atoms with E-state index in [1.54, 1.807) is 0 Å². The maximum atomic E-state index is 11.2. The van der Waals surface area contributed by atoms with Crippen LogP contribution in [0.4, 0.5) is 0 Å². The van der Waals surface area contributed by atoms with Crippen molar-refractivity contribution in [2.45, 2.75) is 25.4 Å². The van der Waals surface area contributed by atoms with Gasteiger partial charge in [-0.15, -0.1) is 0 Å². The first-order valence-corrected chi connectivity index (χ1v) is 11.4. The average Bonchev–Trinajstić information content (AvgIpc) is 2.66. The summed E-state index contributed by atoms with van der Waals surface area (Å²) in [5, 5.41) is 22.4. The van der Waals surface area contributed by atoms with Gasteiger partial charge in [-0.05, 0) is 48.2 Å². The van der Waals surface area contributed by atoms with E-state index < -0.39 is 11.6 Å². The summed E-state index contributed by atoms with van der Waals surface area (Å²) >= 11 is 0. The van der Waals surface area contributed by atoms with Crippen molar-refractivity contribution in [1.29, 1.82) is 0 Å². The second kappa shape index (κ2) is 10.3. The molecular weight excluding hydrogens is 564 g/mol. The number of benzene rings is 2. The number of halogens is 2. The third-order valence-corrected chi connectivity index (χ3v) is 7.00. The Morgan fingerprint density at radius 1 is 0.676 bits per heavy atom. The first-order chi connectivity index (χ1) is 14.8. The Hall–Kier alpha value is -0.840. The lowest BCUT2D eigenvalue weighted by molar-refractivity contribution is -0.912. The number of morpholine rings is 2. The molecule has 0 radical (unpaired) electrons. The zero-order valence-electron chi connectivity index (χ0n) is 21.1. The van der Waals surface area contributed by atoms with Crippen molar-refractivity contribution < 1.29 is 62.6 Å². The summed E-state index contributed by atoms with van der Waals surface area (Å²) in [6.45, 7) is 8.01. The number of rotatable bonds is 3. The van der Waals surface area contributed by atoms with Crippen LogP contribution in [0.1, 0.15) is 22.3 Å². The van der Waals surface area contributed by atoms with Crippen molar-refractivity contribution in [2.24, 2.45) is 0 Å². The molecule has 2 aromatic rings. The van der Waals surface area contributed by atoms with E-state index in [-0.39, 0.29) is 34.0 Å². The summed E-state index contributed by atoms with van der Waals surface area (Å²) in [4.78, 5) is 0. The lowest BCUT2D eigenvalue weighted by Gasteiger charge is -2.43. The SMILES string of the molecule is Cc1cc(C2(O)C[N+](C)(C)CCO2)ccc1-c1ccc(C2(O)C[N+](C)(C)CCO2)cc1C.[Br-].[Br-]. The number of likely N-dealkylation sites (N-methyl/N-ethyl adjacent to an activating group) is 2. The minimum atomic E-state index is -1.27. The van der Waals surface area contributed by atoms with Gasteiger partial charge < -0.3 is 62.6 Å². The van der Waals surface area contributed by atoms with E-state index in [1.807, 2.05) is 24.3 Å². The molecule has 2 fully saturated rings. The summed E-state index contributed by atoms with van der Waals surface area (Å²) in [5.41, 5.74) is 5.97. The van der Waals surface area contributed by atoms with Crippen LogP contribution >= 0.6 is 0 Å². The normalized spacial score (nSPS) is 27.9. The van der Waals surface area contributed by atoms with E-state index >= 15 is 0 Å². The molecule has 190 valence electrons. The summed E-state index contributed by atoms with van der Waals surface area (Å²) < 4.78 is 13.1. The fourth-order valence-electron chi connectivity index (χ4n) is 5.10. The van der Waals surface area contributed by atoms with Crippen molar-refractivity contribution in [3.8, 4) is 11.1 Å². The topological polar surface area (TPSA) is 58.9 Å². The lowest BCUT2D eigenvalue weighted by Crippen LogP contribution is -3.00. The molecule has 0 amide bonds. The molecular formula is C26H38Br2N2O4. The number of aliphatic hydroxyl groups is 2. The Morgan fingerprint density at radius 3 is 1.32 bits per heavy atom. The molecule has 2 aliphatic rings. The molecule has 0 spiro atoms. The molecule has 0 aromatic heterocycles. The fourth-order valence-corrected chi connectivity index (χ4v) is 5.10. The first kappa shape index (κ1) is 29.4. The van der Waals surface area contributed by atoms with Gasteiger partial charge in [0.15, 0.2) is 0 Å². The van der Waals surface area contributed by atoms with Crippen molar-refractivity contribution >= 4 is 0 Å². The van der Waals surface area contributed by atoms with Crippen LogP contribution in [0, 0.1) is 13.8 Å². The Balaban J connectivity index is 0.00000204. The second-order valence-electron chi connectivity index (χ2n) is 11.0. The maximum Gasteiger partial charge on any atom is 0.243 e. The molecule has 6 nitrogen and oxygen atoms in total. The van der Waals surface area contributed by atoms with Gasteiger partial charge in [-0.1, -0.05) is 24.3 Å². The molecule has 2 N–H and O–H groups in total. The van der Waals surface area contributed by atoms with Gasteiger partial charge >= 0.3 is 0 Å². The molecule has 34 heavy (non-hydrogen) atoms. The number of nitrogens with zero attached hydrogens (tertiary/aromatic N) is 2. The van der Waals surface area contributed by atoms with Gasteiger partial charge in [0.05, 0.1) is 41.4 Å². The minimum absolute atomic E-state index is 0. The minimum Gasteiger partial charge on any atom is -1.00 e. The van der Waals surface area contributed by atoms with Crippen LogP contribution in [0.5, 0.6) is 0 Å². The molecule has 2 saturated heterocycles. The van der Waals surface area contributed by atoms with Gasteiger partial charge in [0.25, 0.3) is 0 Å². The van der Waals surface area contributed by atoms with Crippen LogP contribution in [0.15, 0.2) is 36.4 Å². The van der Waals surface area contributed by atoms with Gasteiger partial charge in [-0.3, -0.25) is 0 Å². The maximum absolute atomic E-state index is 11.2. The van der Waals surface area contributed by atoms with Crippen molar-refractivity contribution in [3.63, 3.8) is 0 Å². The molecule has 2 aromatic carbocycles. The van der Waals surface area contributed by atoms with Crippen LogP contribution < -0.4 is 34.0 Å². The van der Waals surface area contributed by atoms with Gasteiger partial charge in [0, 0.05) is 11.1 Å². The van der Waals surface area contributed by atoms with Crippen LogP contribution in [0.3, 0.4) is 0 Å². The highest BCUT2D eigenvalue weighted by molar-refractivity contribution is 5.71. The highest BCUT2D eigenvalue weighted by Gasteiger charge is 2.43. The standard InChI is InChI=1S/C26H38N2O4.2BrH/c1-19-15-21(25(29)17-27(3,4)11-13-31-25)7-9-23(19)24-10-8-22(16-20(24)2)26(30)18-28(5,6)12-14-32-26;;/h7-10,15-16,29-30H,11-14,17-18H2,1-6H3;2*1H/q+2;;/p-2. The Labute approximate surface area is 224 Å². The average molecular weight is 602 g/mol. The molecule has 0 saturated carbocycles. The Kier molecular flexibility index (Phi) is 8.87. The molecule has 0 aliphatic carbocycles. The monoisotopic (exact) mass is 600 g/mol. The van der Waals surface area contributed by atoms with Gasteiger partial charge in [0.1, 0.15) is 26.2 Å². The van der Waals surface area contributed by atoms with Gasteiger partial charge in [0.2, 0.25) is 11.6 Å². The first-order valence-electron chi connectivity index (χ1n) is 11.4. The van der Waals surface area contributed by atoms with Crippen LogP contribution in [-0.2, 0) is 21.0 Å². The smallest absolute Gasteiger partial charge is 0.243 e. The molecule has 0 bridgehead atoms. The second-order valence-corrected chi connectivity index (χ2v) is 11.0. The van der Waals surface area contributed by atoms with E-state index in [2.05, 4.69) is 54.2 Å². The molecule has 2 aliphatic heterocycles. The fraction of sp³-hybridized carbons (Fsp3) is 0.538. The number of hydrogen-bond acceptors (Lipinski definition) is 4. The highest BCUT2D eigenvalue weighted by Crippen LogP contribution is 2.36. The third kappa shape index (κ3) is 5.93. The molecule has 2 atom stereocenters.